The van der Waals surface area contributed by atoms with Gasteiger partial charge in [0.15, 0.2) is 5.75 Å². The molecule has 0 bridgehead atoms. The number of hydrogen-bond acceptors (Lipinski definition) is 15. The molecule has 0 aliphatic carbocycles. The fourth-order valence-corrected chi connectivity index (χ4v) is 7.31. The summed E-state index contributed by atoms with van der Waals surface area (Å²) in [5, 5.41) is 6.87. The summed E-state index contributed by atoms with van der Waals surface area (Å²) in [4.78, 5) is -3.10. The summed E-state index contributed by atoms with van der Waals surface area (Å²) in [6, 6.07) is 14.8. The predicted octanol–water partition coefficient (Wildman–Crippen LogP) is -5.21. The van der Waals surface area contributed by atoms with Gasteiger partial charge >= 0.3 is 98.8 Å². The number of nitrogens with zero attached hydrogens (tertiary/aromatic N) is 2. The molecule has 0 fully saturated rings. The molecular weight excluding hydrogens is 756 g/mol. The van der Waals surface area contributed by atoms with Crippen LogP contribution in [-0.4, -0.2) is 47.3 Å². The number of aryl methyl sites for hydroxylation is 1. The molecule has 5 aromatic rings. The van der Waals surface area contributed by atoms with Gasteiger partial charge in [-0.15, -0.1) is 10.2 Å². The molecule has 0 amide bonds. The summed E-state index contributed by atoms with van der Waals surface area (Å²) in [5.41, 5.74) is 5.31. The van der Waals surface area contributed by atoms with Crippen LogP contribution in [-0.2, 0) is 40.5 Å². The maximum atomic E-state index is 13.1. The van der Waals surface area contributed by atoms with Crippen molar-refractivity contribution in [1.82, 2.24) is 0 Å². The minimum atomic E-state index is -5.45. The summed E-state index contributed by atoms with van der Waals surface area (Å²) in [6.45, 7) is 1.69. The number of azo groups is 1. The van der Waals surface area contributed by atoms with Crippen LogP contribution in [0.4, 0.5) is 17.1 Å². The second kappa shape index (κ2) is 16.0. The molecule has 0 heterocycles. The van der Waals surface area contributed by atoms with Crippen LogP contribution in [0.3, 0.4) is 0 Å². The molecule has 15 nitrogen and oxygen atoms in total. The van der Waals surface area contributed by atoms with Crippen molar-refractivity contribution < 1.29 is 140 Å². The Balaban J connectivity index is 0.00000278. The fraction of sp³-hybridized carbons (Fsp3) is 0.0370. The first kappa shape index (κ1) is 43.7. The number of nitrogens with two attached hydrogens (primary N) is 1. The number of hydrogen-bond donors (Lipinski definition) is 1. The fourth-order valence-electron chi connectivity index (χ4n) is 4.51. The molecule has 22 heteroatoms. The summed E-state index contributed by atoms with van der Waals surface area (Å²) in [7, 11) is -20.4. The van der Waals surface area contributed by atoms with Crippen molar-refractivity contribution in [2.75, 3.05) is 5.73 Å². The van der Waals surface area contributed by atoms with Gasteiger partial charge in [0.2, 0.25) is 0 Å². The number of fused-ring (bicyclic) bond motifs is 2. The maximum Gasteiger partial charge on any atom is 1.00 e. The minimum absolute atomic E-state index is 0. The van der Waals surface area contributed by atoms with E-state index in [-0.39, 0.29) is 110 Å². The van der Waals surface area contributed by atoms with Crippen LogP contribution in [0.1, 0.15) is 5.56 Å². The molecule has 5 aromatic carbocycles. The number of nitrogen functional groups attached to an aromatic ring is 1. The van der Waals surface area contributed by atoms with E-state index >= 15 is 0 Å². The normalized spacial score (nSPS) is 12.2. The van der Waals surface area contributed by atoms with Crippen LogP contribution in [0.2, 0.25) is 0 Å². The average Bonchev–Trinajstić information content (AvgIpc) is 2.94. The Morgan fingerprint density at radius 2 is 1.20 bits per heavy atom. The third kappa shape index (κ3) is 9.49. The van der Waals surface area contributed by atoms with Gasteiger partial charge in [0, 0.05) is 16.8 Å². The van der Waals surface area contributed by atoms with Crippen LogP contribution < -0.4 is 98.6 Å². The maximum absolute atomic E-state index is 13.1. The van der Waals surface area contributed by atoms with Crippen molar-refractivity contribution in [2.45, 2.75) is 26.5 Å². The van der Waals surface area contributed by atoms with E-state index in [0.29, 0.717) is 23.8 Å². The summed E-state index contributed by atoms with van der Waals surface area (Å²) in [6.07, 6.45) is 0. The third-order valence-corrected chi connectivity index (χ3v) is 10.4. The van der Waals surface area contributed by atoms with E-state index in [1.807, 2.05) is 0 Å². The van der Waals surface area contributed by atoms with Crippen molar-refractivity contribution in [3.63, 3.8) is 0 Å². The largest absolute Gasteiger partial charge is 1.00 e. The minimum Gasteiger partial charge on any atom is -0.744 e. The van der Waals surface area contributed by atoms with E-state index in [4.69, 9.17) is 9.92 Å². The van der Waals surface area contributed by atoms with E-state index in [0.717, 1.165) is 12.1 Å². The number of rotatable bonds is 8. The van der Waals surface area contributed by atoms with Gasteiger partial charge in [-0.05, 0) is 48.7 Å². The quantitative estimate of drug-likeness (QED) is 0.0509. The van der Waals surface area contributed by atoms with Gasteiger partial charge in [-0.3, -0.25) is 0 Å². The third-order valence-electron chi connectivity index (χ3n) is 6.61. The van der Waals surface area contributed by atoms with Crippen LogP contribution in [0, 0.1) is 6.92 Å². The SMILES string of the molecule is Cc1ccc(S(=O)(=O)Oc2cc(S(=O)(=O)[O-])cc3cc(S(=O)(=O)[O-])c(N=Nc4ccc(S(=O)(=O)[O-])c5ccccc45)c(N)c23)cc1.[Na+].[Na+].[Na+]. The van der Waals surface area contributed by atoms with Crippen molar-refractivity contribution in [3.8, 4) is 5.75 Å². The summed E-state index contributed by atoms with van der Waals surface area (Å²) in [5.74, 6) is -0.813. The van der Waals surface area contributed by atoms with E-state index in [1.54, 1.807) is 6.92 Å². The zero-order valence-electron chi connectivity index (χ0n) is 26.0. The molecule has 0 spiro atoms. The molecule has 2 N–H and O–H groups in total. The zero-order chi connectivity index (χ0) is 33.8. The van der Waals surface area contributed by atoms with E-state index in [1.165, 1.54) is 48.5 Å². The van der Waals surface area contributed by atoms with Crippen LogP contribution in [0.5, 0.6) is 5.75 Å². The molecule has 5 rings (SSSR count). The first-order valence-electron chi connectivity index (χ1n) is 12.5. The Morgan fingerprint density at radius 1 is 0.633 bits per heavy atom. The molecular formula is C27H18N3Na3O12S4. The molecule has 49 heavy (non-hydrogen) atoms. The van der Waals surface area contributed by atoms with Gasteiger partial charge in [0.1, 0.15) is 40.9 Å². The molecule has 0 atom stereocenters. The van der Waals surface area contributed by atoms with Crippen LogP contribution >= 0.6 is 0 Å². The van der Waals surface area contributed by atoms with Gasteiger partial charge in [0.25, 0.3) is 0 Å². The average molecular weight is 774 g/mol. The Morgan fingerprint density at radius 3 is 1.76 bits per heavy atom. The van der Waals surface area contributed by atoms with Gasteiger partial charge in [-0.1, -0.05) is 42.0 Å². The Labute approximate surface area is 347 Å². The Bertz CT molecular complexity index is 2570. The standard InChI is InChI=1S/C27H21N3O12S4.3Na/c1-15-6-8-17(9-7-15)46(40,41)42-22-14-18(43(31,32)33)12-16-13-24(45(37,38)39)27(26(28)25(16)22)30-29-21-10-11-23(44(34,35)36)20-5-3-2-4-19(20)21;;;/h2-14H,28H2,1H3,(H,31,32,33)(H,34,35,36)(H,37,38,39);;;/q;3*+1/p-3. The molecule has 0 saturated heterocycles. The molecule has 240 valence electrons. The van der Waals surface area contributed by atoms with Crippen molar-refractivity contribution in [3.05, 3.63) is 84.4 Å². The monoisotopic (exact) mass is 773 g/mol. The van der Waals surface area contributed by atoms with Crippen molar-refractivity contribution in [2.24, 2.45) is 10.2 Å². The van der Waals surface area contributed by atoms with Crippen molar-refractivity contribution >= 4 is 79.1 Å². The van der Waals surface area contributed by atoms with E-state index < -0.39 is 83.1 Å². The van der Waals surface area contributed by atoms with Crippen LogP contribution in [0.15, 0.2) is 109 Å². The first-order chi connectivity index (χ1) is 21.3. The van der Waals surface area contributed by atoms with E-state index in [2.05, 4.69) is 10.2 Å². The number of anilines is 1. The van der Waals surface area contributed by atoms with Crippen LogP contribution in [0.25, 0.3) is 21.5 Å². The molecule has 0 unspecified atom stereocenters. The van der Waals surface area contributed by atoms with Gasteiger partial charge < -0.3 is 23.6 Å². The summed E-state index contributed by atoms with van der Waals surface area (Å²) >= 11 is 0. The Kier molecular flexibility index (Phi) is 14.3. The molecule has 0 aromatic heterocycles. The first-order valence-corrected chi connectivity index (χ1v) is 18.1. The van der Waals surface area contributed by atoms with Gasteiger partial charge in [-0.2, -0.15) is 8.42 Å². The van der Waals surface area contributed by atoms with Gasteiger partial charge in [0.05, 0.1) is 31.4 Å². The van der Waals surface area contributed by atoms with E-state index in [9.17, 15) is 47.3 Å². The molecule has 0 radical (unpaired) electrons. The molecule has 0 saturated carbocycles. The second-order valence-electron chi connectivity index (χ2n) is 9.70. The summed E-state index contributed by atoms with van der Waals surface area (Å²) < 4.78 is 139. The Hall–Kier alpha value is -1.50. The number of benzene rings is 5. The smallest absolute Gasteiger partial charge is 0.744 e. The zero-order valence-corrected chi connectivity index (χ0v) is 35.3. The molecule has 0 aliphatic rings. The topological polar surface area (TPSA) is 266 Å². The molecule has 0 aliphatic heterocycles. The predicted molar refractivity (Wildman–Crippen MR) is 159 cm³/mol. The second-order valence-corrected chi connectivity index (χ2v) is 15.3. The van der Waals surface area contributed by atoms with Gasteiger partial charge in [-0.25, -0.2) is 25.3 Å². The van der Waals surface area contributed by atoms with Crippen molar-refractivity contribution in [1.29, 1.82) is 0 Å².